The Morgan fingerprint density at radius 3 is 2.31 bits per heavy atom. The van der Waals surface area contributed by atoms with Crippen LogP contribution < -0.4 is 5.32 Å². The predicted molar refractivity (Wildman–Crippen MR) is 140 cm³/mol. The minimum absolute atomic E-state index is 0.0932. The van der Waals surface area contributed by atoms with Crippen molar-refractivity contribution in [2.75, 3.05) is 0 Å². The second kappa shape index (κ2) is 10.6. The lowest BCUT2D eigenvalue weighted by molar-refractivity contribution is -0.174. The summed E-state index contributed by atoms with van der Waals surface area (Å²) in [6.45, 7) is 11.0. The summed E-state index contributed by atoms with van der Waals surface area (Å²) in [5.74, 6) is 1.58. The molecule has 0 saturated heterocycles. The Kier molecular flexibility index (Phi) is 8.17. The van der Waals surface area contributed by atoms with E-state index in [0.717, 1.165) is 51.4 Å². The fourth-order valence-corrected chi connectivity index (χ4v) is 9.66. The molecule has 36 heavy (non-hydrogen) atoms. The van der Waals surface area contributed by atoms with Crippen LogP contribution in [0, 0.1) is 52.3 Å². The van der Waals surface area contributed by atoms with Gasteiger partial charge in [0.05, 0.1) is 12.2 Å². The van der Waals surface area contributed by atoms with E-state index in [9.17, 15) is 24.9 Å². The van der Waals surface area contributed by atoms with Crippen molar-refractivity contribution in [3.8, 4) is 0 Å². The maximum Gasteiger partial charge on any atom is 0.326 e. The van der Waals surface area contributed by atoms with E-state index in [1.54, 1.807) is 0 Å². The summed E-state index contributed by atoms with van der Waals surface area (Å²) in [5.41, 5.74) is 0.429. The summed E-state index contributed by atoms with van der Waals surface area (Å²) in [7, 11) is 0. The van der Waals surface area contributed by atoms with E-state index in [2.05, 4.69) is 26.1 Å². The van der Waals surface area contributed by atoms with Gasteiger partial charge >= 0.3 is 5.97 Å². The first kappa shape index (κ1) is 27.9. The van der Waals surface area contributed by atoms with Crippen molar-refractivity contribution in [1.29, 1.82) is 0 Å². The number of aliphatic carboxylic acids is 1. The smallest absolute Gasteiger partial charge is 0.326 e. The molecule has 1 unspecified atom stereocenters. The van der Waals surface area contributed by atoms with Crippen LogP contribution in [0.1, 0.15) is 105 Å². The molecule has 4 saturated carbocycles. The van der Waals surface area contributed by atoms with Crippen molar-refractivity contribution in [2.24, 2.45) is 52.3 Å². The number of hydrogen-bond acceptors (Lipinski definition) is 4. The molecule has 0 spiro atoms. The SMILES string of the molecule is CCC(C)[C@H](NC(=O)CC[C@@H](C)[C@H]1CC[C@H]2[C@@H]3[C@H](O)C[C@@H]4C[C@H](O)CC[C@]4(C)[C@H]3CC[C@]12C)C(=O)O. The molecule has 4 fully saturated rings. The molecule has 0 heterocycles. The number of aliphatic hydroxyl groups excluding tert-OH is 2. The third kappa shape index (κ3) is 4.86. The molecule has 6 heteroatoms. The van der Waals surface area contributed by atoms with E-state index in [1.165, 1.54) is 6.42 Å². The number of nitrogens with one attached hydrogen (secondary N) is 1. The van der Waals surface area contributed by atoms with Crippen molar-refractivity contribution in [3.63, 3.8) is 0 Å². The number of hydrogen-bond donors (Lipinski definition) is 4. The number of rotatable bonds is 8. The Hall–Kier alpha value is -1.14. The van der Waals surface area contributed by atoms with Gasteiger partial charge in [0, 0.05) is 6.42 Å². The molecule has 12 atom stereocenters. The van der Waals surface area contributed by atoms with Crippen LogP contribution in [0.15, 0.2) is 0 Å². The van der Waals surface area contributed by atoms with Gasteiger partial charge in [-0.1, -0.05) is 41.0 Å². The van der Waals surface area contributed by atoms with Gasteiger partial charge in [0.1, 0.15) is 6.04 Å². The fraction of sp³-hybridized carbons (Fsp3) is 0.933. The summed E-state index contributed by atoms with van der Waals surface area (Å²) in [6.07, 6.45) is 9.72. The first-order valence-electron chi connectivity index (χ1n) is 14.8. The Labute approximate surface area is 218 Å². The second-order valence-electron chi connectivity index (χ2n) is 13.7. The molecule has 1 amide bonds. The van der Waals surface area contributed by atoms with Crippen molar-refractivity contribution in [3.05, 3.63) is 0 Å². The summed E-state index contributed by atoms with van der Waals surface area (Å²) < 4.78 is 0. The molecular weight excluding hydrogens is 454 g/mol. The topological polar surface area (TPSA) is 107 Å². The number of carbonyl (C=O) groups excluding carboxylic acids is 1. The monoisotopic (exact) mass is 505 g/mol. The number of carbonyl (C=O) groups is 2. The van der Waals surface area contributed by atoms with E-state index >= 15 is 0 Å². The van der Waals surface area contributed by atoms with Gasteiger partial charge in [-0.25, -0.2) is 4.79 Å². The van der Waals surface area contributed by atoms with E-state index in [4.69, 9.17) is 0 Å². The lowest BCUT2D eigenvalue weighted by Crippen LogP contribution is -2.58. The highest BCUT2D eigenvalue weighted by atomic mass is 16.4. The van der Waals surface area contributed by atoms with Gasteiger partial charge in [0.15, 0.2) is 0 Å². The third-order valence-corrected chi connectivity index (χ3v) is 12.0. The van der Waals surface area contributed by atoms with Crippen LogP contribution in [0.2, 0.25) is 0 Å². The molecule has 4 N–H and O–H groups in total. The molecule has 4 aliphatic carbocycles. The van der Waals surface area contributed by atoms with E-state index < -0.39 is 12.0 Å². The maximum absolute atomic E-state index is 12.7. The molecular formula is C30H51NO5. The van der Waals surface area contributed by atoms with Crippen LogP contribution in [0.25, 0.3) is 0 Å². The Morgan fingerprint density at radius 1 is 0.972 bits per heavy atom. The van der Waals surface area contributed by atoms with Gasteiger partial charge in [-0.2, -0.15) is 0 Å². The van der Waals surface area contributed by atoms with Gasteiger partial charge in [-0.3, -0.25) is 4.79 Å². The highest BCUT2D eigenvalue weighted by Crippen LogP contribution is 2.68. The van der Waals surface area contributed by atoms with Crippen molar-refractivity contribution < 1.29 is 24.9 Å². The van der Waals surface area contributed by atoms with Crippen LogP contribution >= 0.6 is 0 Å². The molecule has 4 aliphatic rings. The number of fused-ring (bicyclic) bond motifs is 5. The second-order valence-corrected chi connectivity index (χ2v) is 13.7. The zero-order chi connectivity index (χ0) is 26.4. The molecule has 0 aromatic carbocycles. The zero-order valence-corrected chi connectivity index (χ0v) is 23.2. The van der Waals surface area contributed by atoms with Gasteiger partial charge in [0.2, 0.25) is 5.91 Å². The van der Waals surface area contributed by atoms with E-state index in [0.29, 0.717) is 48.3 Å². The van der Waals surface area contributed by atoms with Crippen LogP contribution in [0.5, 0.6) is 0 Å². The van der Waals surface area contributed by atoms with Gasteiger partial charge in [-0.15, -0.1) is 0 Å². The normalized spacial score (nSPS) is 44.5. The van der Waals surface area contributed by atoms with Gasteiger partial charge in [-0.05, 0) is 110 Å². The lowest BCUT2D eigenvalue weighted by Gasteiger charge is -2.62. The molecule has 0 radical (unpaired) electrons. The number of amides is 1. The largest absolute Gasteiger partial charge is 0.480 e. The zero-order valence-electron chi connectivity index (χ0n) is 23.2. The van der Waals surface area contributed by atoms with Crippen molar-refractivity contribution in [1.82, 2.24) is 5.32 Å². The van der Waals surface area contributed by atoms with Gasteiger partial charge in [0.25, 0.3) is 0 Å². The summed E-state index contributed by atoms with van der Waals surface area (Å²) in [4.78, 5) is 24.3. The minimum atomic E-state index is -0.955. The molecule has 4 rings (SSSR count). The summed E-state index contributed by atoms with van der Waals surface area (Å²) >= 11 is 0. The summed E-state index contributed by atoms with van der Waals surface area (Å²) in [6, 6.07) is -0.819. The number of carboxylic acids is 1. The molecule has 0 aliphatic heterocycles. The maximum atomic E-state index is 12.7. The van der Waals surface area contributed by atoms with E-state index in [-0.39, 0.29) is 34.9 Å². The first-order chi connectivity index (χ1) is 16.9. The minimum Gasteiger partial charge on any atom is -0.480 e. The van der Waals surface area contributed by atoms with E-state index in [1.807, 2.05) is 13.8 Å². The standard InChI is InChI=1S/C30H51NO5/c1-6-17(2)27(28(35)36)31-25(34)10-7-18(3)21-8-9-22-26-23(12-14-30(21,22)5)29(4)13-11-20(32)15-19(29)16-24(26)33/h17-24,26-27,32-33H,6-16H2,1-5H3,(H,31,34)(H,35,36)/t17?,18-,19+,20-,21-,22+,23+,24-,26+,27+,29+,30-/m1/s1. The van der Waals surface area contributed by atoms with Gasteiger partial charge < -0.3 is 20.6 Å². The Morgan fingerprint density at radius 2 is 1.64 bits per heavy atom. The average molecular weight is 506 g/mol. The molecule has 6 nitrogen and oxygen atoms in total. The molecule has 0 aromatic heterocycles. The number of aliphatic hydroxyl groups is 2. The van der Waals surface area contributed by atoms with Crippen LogP contribution in [-0.2, 0) is 9.59 Å². The third-order valence-electron chi connectivity index (χ3n) is 12.0. The quantitative estimate of drug-likeness (QED) is 0.371. The molecule has 0 bridgehead atoms. The van der Waals surface area contributed by atoms with Crippen molar-refractivity contribution >= 4 is 11.9 Å². The predicted octanol–water partition coefficient (Wildman–Crippen LogP) is 5.01. The fourth-order valence-electron chi connectivity index (χ4n) is 9.66. The lowest BCUT2D eigenvalue weighted by atomic mass is 9.43. The Bertz CT molecular complexity index is 817. The van der Waals surface area contributed by atoms with Crippen LogP contribution in [0.3, 0.4) is 0 Å². The highest BCUT2D eigenvalue weighted by Gasteiger charge is 2.62. The first-order valence-corrected chi connectivity index (χ1v) is 14.8. The highest BCUT2D eigenvalue weighted by molar-refractivity contribution is 5.83. The van der Waals surface area contributed by atoms with Crippen LogP contribution in [-0.4, -0.2) is 45.4 Å². The summed E-state index contributed by atoms with van der Waals surface area (Å²) in [5, 5.41) is 34.0. The van der Waals surface area contributed by atoms with Crippen LogP contribution in [0.4, 0.5) is 0 Å². The van der Waals surface area contributed by atoms with Crippen molar-refractivity contribution in [2.45, 2.75) is 123 Å². The molecule has 206 valence electrons. The number of carboxylic acid groups (broad SMARTS) is 1. The molecule has 0 aromatic rings. The Balaban J connectivity index is 1.40. The average Bonchev–Trinajstić information content (AvgIpc) is 3.18.